The van der Waals surface area contributed by atoms with Gasteiger partial charge in [-0.15, -0.1) is 0 Å². The number of hydrogen-bond acceptors (Lipinski definition) is 6. The Kier molecular flexibility index (Phi) is 3.40. The molecule has 0 atom stereocenters. The second kappa shape index (κ2) is 4.98. The topological polar surface area (TPSA) is 76.3 Å². The fourth-order valence-electron chi connectivity index (χ4n) is 1.99. The molecule has 6 heteroatoms. The maximum Gasteiger partial charge on any atom is 0.205 e. The minimum absolute atomic E-state index is 0.526. The van der Waals surface area contributed by atoms with Gasteiger partial charge in [-0.1, -0.05) is 0 Å². The van der Waals surface area contributed by atoms with Gasteiger partial charge in [-0.2, -0.15) is 0 Å². The van der Waals surface area contributed by atoms with Gasteiger partial charge in [-0.3, -0.25) is 0 Å². The molecule has 0 unspecified atom stereocenters. The fraction of sp³-hybridized carbons (Fsp3) is 0.600. The van der Waals surface area contributed by atoms with Crippen molar-refractivity contribution in [2.24, 2.45) is 5.84 Å². The van der Waals surface area contributed by atoms with Crippen LogP contribution in [0.25, 0.3) is 0 Å². The van der Waals surface area contributed by atoms with Gasteiger partial charge in [0.05, 0.1) is 7.11 Å². The van der Waals surface area contributed by atoms with E-state index in [2.05, 4.69) is 20.3 Å². The highest BCUT2D eigenvalue weighted by Crippen LogP contribution is 2.32. The summed E-state index contributed by atoms with van der Waals surface area (Å²) in [6.45, 7) is 2.02. The molecule has 0 radical (unpaired) electrons. The quantitative estimate of drug-likeness (QED) is 0.582. The number of ether oxygens (including phenoxy) is 1. The van der Waals surface area contributed by atoms with Gasteiger partial charge in [0, 0.05) is 13.1 Å². The van der Waals surface area contributed by atoms with Gasteiger partial charge in [-0.25, -0.2) is 15.8 Å². The van der Waals surface area contributed by atoms with Crippen LogP contribution in [-0.4, -0.2) is 30.2 Å². The second-order valence-corrected chi connectivity index (χ2v) is 3.77. The van der Waals surface area contributed by atoms with E-state index in [1.807, 2.05) is 0 Å². The third-order valence-corrected chi connectivity index (χ3v) is 2.78. The Morgan fingerprint density at radius 3 is 2.69 bits per heavy atom. The molecule has 1 fully saturated rings. The van der Waals surface area contributed by atoms with E-state index in [4.69, 9.17) is 10.6 Å². The summed E-state index contributed by atoms with van der Waals surface area (Å²) in [5.74, 6) is 7.35. The van der Waals surface area contributed by atoms with Crippen LogP contribution in [0, 0.1) is 0 Å². The summed E-state index contributed by atoms with van der Waals surface area (Å²) in [6, 6.07) is 0. The van der Waals surface area contributed by atoms with Crippen LogP contribution in [0.4, 0.5) is 11.6 Å². The van der Waals surface area contributed by atoms with Crippen LogP contribution in [0.15, 0.2) is 6.33 Å². The van der Waals surface area contributed by atoms with Gasteiger partial charge >= 0.3 is 0 Å². The SMILES string of the molecule is COc1c(NN)ncnc1N1CCCCC1. The maximum atomic E-state index is 5.39. The molecule has 1 aliphatic rings. The van der Waals surface area contributed by atoms with Crippen LogP contribution in [0.1, 0.15) is 19.3 Å². The van der Waals surface area contributed by atoms with Gasteiger partial charge < -0.3 is 15.1 Å². The smallest absolute Gasteiger partial charge is 0.205 e. The van der Waals surface area contributed by atoms with Crippen molar-refractivity contribution in [1.82, 2.24) is 9.97 Å². The number of hydrazine groups is 1. The highest BCUT2D eigenvalue weighted by atomic mass is 16.5. The molecule has 0 bridgehead atoms. The zero-order valence-electron chi connectivity index (χ0n) is 9.44. The van der Waals surface area contributed by atoms with Crippen LogP contribution >= 0.6 is 0 Å². The van der Waals surface area contributed by atoms with Crippen molar-refractivity contribution in [1.29, 1.82) is 0 Å². The molecule has 16 heavy (non-hydrogen) atoms. The number of nitrogens with zero attached hydrogens (tertiary/aromatic N) is 3. The highest BCUT2D eigenvalue weighted by molar-refractivity contribution is 5.64. The fourth-order valence-corrected chi connectivity index (χ4v) is 1.99. The van der Waals surface area contributed by atoms with E-state index in [0.29, 0.717) is 11.6 Å². The number of anilines is 2. The molecule has 1 saturated heterocycles. The summed E-state index contributed by atoms with van der Waals surface area (Å²) >= 11 is 0. The molecule has 0 amide bonds. The van der Waals surface area contributed by atoms with Crippen LogP contribution < -0.4 is 20.9 Å². The first kappa shape index (κ1) is 10.9. The van der Waals surface area contributed by atoms with Crippen LogP contribution in [-0.2, 0) is 0 Å². The number of methoxy groups -OCH3 is 1. The highest BCUT2D eigenvalue weighted by Gasteiger charge is 2.19. The Morgan fingerprint density at radius 2 is 2.06 bits per heavy atom. The largest absolute Gasteiger partial charge is 0.490 e. The molecule has 2 rings (SSSR count). The molecule has 88 valence electrons. The third kappa shape index (κ3) is 2.01. The van der Waals surface area contributed by atoms with E-state index < -0.39 is 0 Å². The van der Waals surface area contributed by atoms with Crippen molar-refractivity contribution in [3.8, 4) is 5.75 Å². The number of hydrogen-bond donors (Lipinski definition) is 2. The van der Waals surface area contributed by atoms with Gasteiger partial charge in [0.25, 0.3) is 0 Å². The lowest BCUT2D eigenvalue weighted by Gasteiger charge is -2.28. The normalized spacial score (nSPS) is 16.0. The van der Waals surface area contributed by atoms with Gasteiger partial charge in [0.15, 0.2) is 11.6 Å². The second-order valence-electron chi connectivity index (χ2n) is 3.77. The average Bonchev–Trinajstić information content (AvgIpc) is 2.38. The van der Waals surface area contributed by atoms with Gasteiger partial charge in [-0.05, 0) is 19.3 Å². The predicted molar refractivity (Wildman–Crippen MR) is 62.5 cm³/mol. The van der Waals surface area contributed by atoms with Gasteiger partial charge in [0.1, 0.15) is 6.33 Å². The van der Waals surface area contributed by atoms with Crippen molar-refractivity contribution < 1.29 is 4.74 Å². The summed E-state index contributed by atoms with van der Waals surface area (Å²) in [5.41, 5.74) is 2.52. The Labute approximate surface area is 94.8 Å². The van der Waals surface area contributed by atoms with Crippen molar-refractivity contribution in [3.05, 3.63) is 6.33 Å². The summed E-state index contributed by atoms with van der Waals surface area (Å²) < 4.78 is 5.31. The van der Waals surface area contributed by atoms with E-state index in [0.717, 1.165) is 18.9 Å². The minimum atomic E-state index is 0.526. The summed E-state index contributed by atoms with van der Waals surface area (Å²) in [4.78, 5) is 10.5. The first-order valence-corrected chi connectivity index (χ1v) is 5.47. The first-order valence-electron chi connectivity index (χ1n) is 5.47. The molecular weight excluding hydrogens is 206 g/mol. The molecule has 1 aromatic rings. The lowest BCUT2D eigenvalue weighted by molar-refractivity contribution is 0.410. The molecule has 0 aliphatic carbocycles. The molecule has 3 N–H and O–H groups in total. The molecule has 1 aliphatic heterocycles. The van der Waals surface area contributed by atoms with E-state index in [1.165, 1.54) is 25.6 Å². The third-order valence-electron chi connectivity index (χ3n) is 2.78. The van der Waals surface area contributed by atoms with Crippen LogP contribution in [0.3, 0.4) is 0 Å². The summed E-state index contributed by atoms with van der Waals surface area (Å²) in [5, 5.41) is 0. The van der Waals surface area contributed by atoms with Crippen LogP contribution in [0.5, 0.6) is 5.75 Å². The van der Waals surface area contributed by atoms with Crippen molar-refractivity contribution >= 4 is 11.6 Å². The summed E-state index contributed by atoms with van der Waals surface area (Å²) in [6.07, 6.45) is 5.17. The number of rotatable bonds is 3. The molecule has 0 saturated carbocycles. The first-order chi connectivity index (χ1) is 7.86. The van der Waals surface area contributed by atoms with Gasteiger partial charge in [0.2, 0.25) is 5.75 Å². The number of aromatic nitrogens is 2. The number of piperidine rings is 1. The number of nitrogen functional groups attached to an aromatic ring is 1. The Hall–Kier alpha value is -1.56. The Morgan fingerprint density at radius 1 is 1.31 bits per heavy atom. The van der Waals surface area contributed by atoms with Crippen molar-refractivity contribution in [3.63, 3.8) is 0 Å². The molecule has 1 aromatic heterocycles. The van der Waals surface area contributed by atoms with E-state index >= 15 is 0 Å². The molecule has 0 aromatic carbocycles. The van der Waals surface area contributed by atoms with Crippen molar-refractivity contribution in [2.45, 2.75) is 19.3 Å². The zero-order valence-corrected chi connectivity index (χ0v) is 9.44. The van der Waals surface area contributed by atoms with E-state index in [-0.39, 0.29) is 0 Å². The number of nitrogens with two attached hydrogens (primary N) is 1. The van der Waals surface area contributed by atoms with E-state index in [9.17, 15) is 0 Å². The monoisotopic (exact) mass is 223 g/mol. The number of nitrogens with one attached hydrogen (secondary N) is 1. The molecular formula is C10H17N5O. The average molecular weight is 223 g/mol. The minimum Gasteiger partial charge on any atom is -0.490 e. The molecule has 0 spiro atoms. The van der Waals surface area contributed by atoms with E-state index in [1.54, 1.807) is 7.11 Å². The Balaban J connectivity index is 2.30. The lowest BCUT2D eigenvalue weighted by Crippen LogP contribution is -2.31. The predicted octanol–water partition coefficient (Wildman–Crippen LogP) is 0.761. The standard InChI is InChI=1S/C10H17N5O/c1-16-8-9(14-11)12-7-13-10(8)15-5-3-2-4-6-15/h7H,2-6,11H2,1H3,(H,12,13,14). The van der Waals surface area contributed by atoms with Crippen LogP contribution in [0.2, 0.25) is 0 Å². The molecule has 6 nitrogen and oxygen atoms in total. The van der Waals surface area contributed by atoms with Crippen molar-refractivity contribution in [2.75, 3.05) is 30.5 Å². The maximum absolute atomic E-state index is 5.39. The zero-order chi connectivity index (χ0) is 11.4. The Bertz CT molecular complexity index is 351. The summed E-state index contributed by atoms with van der Waals surface area (Å²) in [7, 11) is 1.60. The molecule has 2 heterocycles. The lowest BCUT2D eigenvalue weighted by atomic mass is 10.1.